The molecule has 1 aromatic rings. The molecule has 0 unspecified atom stereocenters. The number of likely N-dealkylation sites (tertiary alicyclic amines) is 1. The van der Waals surface area contributed by atoms with Crippen molar-refractivity contribution in [3.05, 3.63) is 21.3 Å². The molecule has 0 saturated carbocycles. The molecule has 0 radical (unpaired) electrons. The van der Waals surface area contributed by atoms with Crippen molar-refractivity contribution in [2.75, 3.05) is 26.7 Å². The van der Waals surface area contributed by atoms with Crippen molar-refractivity contribution in [1.82, 2.24) is 15.5 Å². The lowest BCUT2D eigenvalue weighted by molar-refractivity contribution is -0.121. The lowest BCUT2D eigenvalue weighted by Gasteiger charge is -2.18. The molecular formula is C15H23Cl2N3O2S. The number of nitrogens with one attached hydrogen (secondary N) is 2. The molecule has 0 bridgehead atoms. The van der Waals surface area contributed by atoms with E-state index in [1.165, 1.54) is 11.3 Å². The van der Waals surface area contributed by atoms with Gasteiger partial charge < -0.3 is 10.6 Å². The molecular weight excluding hydrogens is 357 g/mol. The van der Waals surface area contributed by atoms with Crippen molar-refractivity contribution in [2.24, 2.45) is 5.92 Å². The second kappa shape index (κ2) is 9.47. The average molecular weight is 380 g/mol. The van der Waals surface area contributed by atoms with Crippen LogP contribution in [0.2, 0.25) is 4.34 Å². The summed E-state index contributed by atoms with van der Waals surface area (Å²) < 4.78 is 0.614. The third kappa shape index (κ3) is 5.64. The summed E-state index contributed by atoms with van der Waals surface area (Å²) in [6.07, 6.45) is 2.11. The average Bonchev–Trinajstić information content (AvgIpc) is 3.06. The number of carbonyl (C=O) groups excluding carboxylic acids is 2. The van der Waals surface area contributed by atoms with Crippen LogP contribution in [-0.2, 0) is 4.79 Å². The maximum absolute atomic E-state index is 12.3. The minimum Gasteiger partial charge on any atom is -0.358 e. The molecule has 130 valence electrons. The van der Waals surface area contributed by atoms with Gasteiger partial charge >= 0.3 is 0 Å². The van der Waals surface area contributed by atoms with Crippen LogP contribution in [0.15, 0.2) is 12.1 Å². The first-order valence-corrected chi connectivity index (χ1v) is 8.72. The van der Waals surface area contributed by atoms with Crippen LogP contribution in [0, 0.1) is 5.92 Å². The monoisotopic (exact) mass is 379 g/mol. The van der Waals surface area contributed by atoms with Gasteiger partial charge in [-0.15, -0.1) is 23.7 Å². The van der Waals surface area contributed by atoms with Crippen molar-refractivity contribution >= 4 is 47.2 Å². The minimum atomic E-state index is -0.0789. The van der Waals surface area contributed by atoms with Crippen LogP contribution in [0.1, 0.15) is 29.4 Å². The third-order valence-electron chi connectivity index (χ3n) is 3.94. The Kier molecular flexibility index (Phi) is 8.33. The van der Waals surface area contributed by atoms with E-state index in [9.17, 15) is 9.59 Å². The standard InChI is InChI=1S/C15H22ClN3O2S.ClH/c1-3-4-10-7-19(9-14(20)17-2)8-11(10)18-15(21)12-5-6-13(16)22-12;/h5-6,10-11H,3-4,7-9H2,1-2H3,(H,17,20)(H,18,21);1H/t10-,11-;/m0./s1. The van der Waals surface area contributed by atoms with Crippen LogP contribution in [0.5, 0.6) is 0 Å². The number of carbonyl (C=O) groups is 2. The summed E-state index contributed by atoms with van der Waals surface area (Å²) in [4.78, 5) is 26.6. The van der Waals surface area contributed by atoms with E-state index in [-0.39, 0.29) is 30.3 Å². The van der Waals surface area contributed by atoms with Crippen molar-refractivity contribution in [3.63, 3.8) is 0 Å². The predicted molar refractivity (Wildman–Crippen MR) is 96.7 cm³/mol. The Morgan fingerprint density at radius 3 is 2.70 bits per heavy atom. The molecule has 8 heteroatoms. The molecule has 2 atom stereocenters. The number of amides is 2. The zero-order valence-corrected chi connectivity index (χ0v) is 15.7. The molecule has 2 heterocycles. The zero-order chi connectivity index (χ0) is 16.1. The number of hydrogen-bond acceptors (Lipinski definition) is 4. The van der Waals surface area contributed by atoms with Crippen molar-refractivity contribution in [1.29, 1.82) is 0 Å². The fourth-order valence-corrected chi connectivity index (χ4v) is 3.82. The lowest BCUT2D eigenvalue weighted by atomic mass is 9.98. The normalized spacial score (nSPS) is 20.8. The molecule has 0 aromatic carbocycles. The Balaban J connectivity index is 0.00000264. The van der Waals surface area contributed by atoms with Crippen LogP contribution in [0.4, 0.5) is 0 Å². The van der Waals surface area contributed by atoms with Gasteiger partial charge in [0.2, 0.25) is 5.91 Å². The topological polar surface area (TPSA) is 61.4 Å². The molecule has 5 nitrogen and oxygen atoms in total. The van der Waals surface area contributed by atoms with Gasteiger partial charge in [-0.25, -0.2) is 0 Å². The number of thiophene rings is 1. The molecule has 1 fully saturated rings. The second-order valence-corrected chi connectivity index (χ2v) is 7.31. The van der Waals surface area contributed by atoms with Gasteiger partial charge in [0.1, 0.15) is 0 Å². The maximum atomic E-state index is 12.3. The molecule has 2 N–H and O–H groups in total. The van der Waals surface area contributed by atoms with Gasteiger partial charge in [0, 0.05) is 26.2 Å². The van der Waals surface area contributed by atoms with E-state index >= 15 is 0 Å². The van der Waals surface area contributed by atoms with Crippen LogP contribution in [0.25, 0.3) is 0 Å². The molecule has 0 spiro atoms. The van der Waals surface area contributed by atoms with Gasteiger partial charge in [-0.2, -0.15) is 0 Å². The van der Waals surface area contributed by atoms with Gasteiger partial charge in [-0.1, -0.05) is 24.9 Å². The number of nitrogens with zero attached hydrogens (tertiary/aromatic N) is 1. The van der Waals surface area contributed by atoms with E-state index in [1.807, 2.05) is 0 Å². The van der Waals surface area contributed by atoms with Gasteiger partial charge in [-0.3, -0.25) is 14.5 Å². The highest BCUT2D eigenvalue weighted by molar-refractivity contribution is 7.18. The summed E-state index contributed by atoms with van der Waals surface area (Å²) in [6, 6.07) is 3.56. The van der Waals surface area contributed by atoms with Gasteiger partial charge in [-0.05, 0) is 24.5 Å². The van der Waals surface area contributed by atoms with Crippen molar-refractivity contribution < 1.29 is 9.59 Å². The Hall–Kier alpha value is -0.820. The summed E-state index contributed by atoms with van der Waals surface area (Å²) in [7, 11) is 1.64. The first kappa shape index (κ1) is 20.2. The molecule has 0 aliphatic carbocycles. The van der Waals surface area contributed by atoms with Gasteiger partial charge in [0.05, 0.1) is 15.8 Å². The van der Waals surface area contributed by atoms with E-state index < -0.39 is 0 Å². The SMILES string of the molecule is CCC[C@H]1CN(CC(=O)NC)C[C@@H]1NC(=O)c1ccc(Cl)s1.Cl. The molecule has 2 amide bonds. The predicted octanol–water partition coefficient (Wildman–Crippen LogP) is 2.40. The van der Waals surface area contributed by atoms with E-state index in [2.05, 4.69) is 22.5 Å². The van der Waals surface area contributed by atoms with Crippen molar-refractivity contribution in [3.8, 4) is 0 Å². The molecule has 1 aliphatic rings. The van der Waals surface area contributed by atoms with E-state index in [0.717, 1.165) is 19.4 Å². The fourth-order valence-electron chi connectivity index (χ4n) is 2.87. The largest absolute Gasteiger partial charge is 0.358 e. The Morgan fingerprint density at radius 2 is 2.13 bits per heavy atom. The minimum absolute atomic E-state index is 0. The Labute approximate surface area is 152 Å². The Bertz CT molecular complexity index is 539. The van der Waals surface area contributed by atoms with Gasteiger partial charge in [0.25, 0.3) is 5.91 Å². The molecule has 23 heavy (non-hydrogen) atoms. The number of hydrogen-bond donors (Lipinski definition) is 2. The number of rotatable bonds is 6. The quantitative estimate of drug-likeness (QED) is 0.797. The molecule has 1 saturated heterocycles. The third-order valence-corrected chi connectivity index (χ3v) is 5.17. The smallest absolute Gasteiger partial charge is 0.261 e. The highest BCUT2D eigenvalue weighted by atomic mass is 35.5. The molecule has 1 aromatic heterocycles. The van der Waals surface area contributed by atoms with Crippen LogP contribution < -0.4 is 10.6 Å². The summed E-state index contributed by atoms with van der Waals surface area (Å²) in [5.74, 6) is 0.311. The van der Waals surface area contributed by atoms with E-state index in [1.54, 1.807) is 19.2 Å². The zero-order valence-electron chi connectivity index (χ0n) is 13.3. The summed E-state index contributed by atoms with van der Waals surface area (Å²) in [5, 5.41) is 5.75. The maximum Gasteiger partial charge on any atom is 0.261 e. The first-order valence-electron chi connectivity index (χ1n) is 7.52. The van der Waals surface area contributed by atoms with Gasteiger partial charge in [0.15, 0.2) is 0 Å². The lowest BCUT2D eigenvalue weighted by Crippen LogP contribution is -2.41. The summed E-state index contributed by atoms with van der Waals surface area (Å²) in [5.41, 5.74) is 0. The summed E-state index contributed by atoms with van der Waals surface area (Å²) in [6.45, 7) is 4.08. The fraction of sp³-hybridized carbons (Fsp3) is 0.600. The van der Waals surface area contributed by atoms with Crippen molar-refractivity contribution in [2.45, 2.75) is 25.8 Å². The van der Waals surface area contributed by atoms with Crippen LogP contribution in [0.3, 0.4) is 0 Å². The number of likely N-dealkylation sites (N-methyl/N-ethyl adjacent to an activating group) is 1. The second-order valence-electron chi connectivity index (χ2n) is 5.60. The summed E-state index contributed by atoms with van der Waals surface area (Å²) >= 11 is 7.17. The molecule has 1 aliphatic heterocycles. The highest BCUT2D eigenvalue weighted by Crippen LogP contribution is 2.24. The first-order chi connectivity index (χ1) is 10.5. The van der Waals surface area contributed by atoms with Crippen LogP contribution in [-0.4, -0.2) is 49.4 Å². The highest BCUT2D eigenvalue weighted by Gasteiger charge is 2.34. The van der Waals surface area contributed by atoms with E-state index in [0.29, 0.717) is 28.2 Å². The van der Waals surface area contributed by atoms with Crippen LogP contribution >= 0.6 is 35.3 Å². The molecule has 2 rings (SSSR count). The Morgan fingerprint density at radius 1 is 1.39 bits per heavy atom. The number of halogens is 2. The van der Waals surface area contributed by atoms with E-state index in [4.69, 9.17) is 11.6 Å².